The standard InChI is InChI=1S/C21H21NO3/c1-3-13-22-18-8-6-5-7-17(18)21(25,20(22)24)14-19(23)16-11-9-15(4-2)10-12-16/h3,5-12,25H,1,4,13-14H2,2H3. The third kappa shape index (κ3) is 2.89. The number of benzene rings is 2. The molecule has 1 N–H and O–H groups in total. The first-order valence-corrected chi connectivity index (χ1v) is 8.38. The molecule has 0 spiro atoms. The fourth-order valence-electron chi connectivity index (χ4n) is 3.25. The minimum atomic E-state index is -1.83. The Labute approximate surface area is 147 Å². The molecule has 2 aromatic rings. The second-order valence-corrected chi connectivity index (χ2v) is 6.23. The number of anilines is 1. The molecule has 3 rings (SSSR count). The summed E-state index contributed by atoms with van der Waals surface area (Å²) in [6, 6.07) is 14.3. The van der Waals surface area contributed by atoms with Gasteiger partial charge >= 0.3 is 0 Å². The summed E-state index contributed by atoms with van der Waals surface area (Å²) in [4.78, 5) is 27.0. The van der Waals surface area contributed by atoms with E-state index in [1.165, 1.54) is 4.90 Å². The number of carbonyl (C=O) groups is 2. The van der Waals surface area contributed by atoms with Gasteiger partial charge in [0.25, 0.3) is 5.91 Å². The zero-order valence-corrected chi connectivity index (χ0v) is 14.2. The molecule has 0 saturated carbocycles. The summed E-state index contributed by atoms with van der Waals surface area (Å²) in [6.45, 7) is 5.99. The number of rotatable bonds is 6. The van der Waals surface area contributed by atoms with Crippen LogP contribution in [0.4, 0.5) is 5.69 Å². The highest BCUT2D eigenvalue weighted by Crippen LogP contribution is 2.42. The van der Waals surface area contributed by atoms with Crippen molar-refractivity contribution < 1.29 is 14.7 Å². The van der Waals surface area contributed by atoms with E-state index >= 15 is 0 Å². The van der Waals surface area contributed by atoms with Gasteiger partial charge in [0.2, 0.25) is 0 Å². The average molecular weight is 335 g/mol. The number of aryl methyl sites for hydroxylation is 1. The van der Waals surface area contributed by atoms with Gasteiger partial charge in [0, 0.05) is 17.7 Å². The molecule has 4 heteroatoms. The number of amides is 1. The molecule has 25 heavy (non-hydrogen) atoms. The van der Waals surface area contributed by atoms with Crippen LogP contribution in [0, 0.1) is 0 Å². The number of aliphatic hydroxyl groups is 1. The lowest BCUT2D eigenvalue weighted by atomic mass is 9.88. The monoisotopic (exact) mass is 335 g/mol. The van der Waals surface area contributed by atoms with E-state index in [9.17, 15) is 14.7 Å². The van der Waals surface area contributed by atoms with Gasteiger partial charge in [0.1, 0.15) is 0 Å². The Morgan fingerprint density at radius 3 is 2.52 bits per heavy atom. The maximum absolute atomic E-state index is 12.8. The summed E-state index contributed by atoms with van der Waals surface area (Å²) < 4.78 is 0. The van der Waals surface area contributed by atoms with Gasteiger partial charge < -0.3 is 10.0 Å². The van der Waals surface area contributed by atoms with Crippen LogP contribution in [0.2, 0.25) is 0 Å². The van der Waals surface area contributed by atoms with Gasteiger partial charge in [-0.1, -0.05) is 55.5 Å². The Morgan fingerprint density at radius 2 is 1.88 bits per heavy atom. The van der Waals surface area contributed by atoms with E-state index in [1.807, 2.05) is 19.1 Å². The van der Waals surface area contributed by atoms with E-state index in [4.69, 9.17) is 0 Å². The number of Topliss-reactive ketones (excluding diaryl/α,β-unsaturated/α-hetero) is 1. The van der Waals surface area contributed by atoms with Gasteiger partial charge in [-0.05, 0) is 18.1 Å². The van der Waals surface area contributed by atoms with Gasteiger partial charge in [0.05, 0.1) is 12.1 Å². The number of ketones is 1. The number of para-hydroxylation sites is 1. The molecular formula is C21H21NO3. The van der Waals surface area contributed by atoms with Crippen LogP contribution in [0.1, 0.15) is 34.8 Å². The molecule has 1 aliphatic heterocycles. The van der Waals surface area contributed by atoms with Gasteiger partial charge in [-0.15, -0.1) is 6.58 Å². The van der Waals surface area contributed by atoms with Crippen molar-refractivity contribution in [3.8, 4) is 0 Å². The molecule has 0 bridgehead atoms. The van der Waals surface area contributed by atoms with E-state index in [-0.39, 0.29) is 18.7 Å². The van der Waals surface area contributed by atoms with Crippen LogP contribution in [-0.4, -0.2) is 23.3 Å². The van der Waals surface area contributed by atoms with E-state index < -0.39 is 11.5 Å². The van der Waals surface area contributed by atoms with Crippen molar-refractivity contribution in [2.24, 2.45) is 0 Å². The van der Waals surface area contributed by atoms with Crippen LogP contribution in [0.15, 0.2) is 61.2 Å². The Kier molecular flexibility index (Phi) is 4.55. The van der Waals surface area contributed by atoms with E-state index in [2.05, 4.69) is 6.58 Å². The minimum absolute atomic E-state index is 0.256. The number of carbonyl (C=O) groups excluding carboxylic acids is 2. The Hall–Kier alpha value is -2.72. The molecule has 1 amide bonds. The van der Waals surface area contributed by atoms with Gasteiger partial charge in [0.15, 0.2) is 11.4 Å². The first-order chi connectivity index (χ1) is 12.0. The van der Waals surface area contributed by atoms with Crippen molar-refractivity contribution in [3.63, 3.8) is 0 Å². The first kappa shape index (κ1) is 17.1. The average Bonchev–Trinajstić information content (AvgIpc) is 2.84. The van der Waals surface area contributed by atoms with Crippen molar-refractivity contribution in [3.05, 3.63) is 77.9 Å². The predicted molar refractivity (Wildman–Crippen MR) is 97.7 cm³/mol. The SMILES string of the molecule is C=CCN1C(=O)C(O)(CC(=O)c2ccc(CC)cc2)c2ccccc21. The van der Waals surface area contributed by atoms with Gasteiger partial charge in [-0.25, -0.2) is 0 Å². The maximum atomic E-state index is 12.8. The van der Waals surface area contributed by atoms with Crippen molar-refractivity contribution in [2.75, 3.05) is 11.4 Å². The minimum Gasteiger partial charge on any atom is -0.375 e. The third-order valence-electron chi connectivity index (χ3n) is 4.65. The van der Waals surface area contributed by atoms with Crippen LogP contribution in [0.3, 0.4) is 0 Å². The molecular weight excluding hydrogens is 314 g/mol. The molecule has 1 unspecified atom stereocenters. The maximum Gasteiger partial charge on any atom is 0.264 e. The summed E-state index contributed by atoms with van der Waals surface area (Å²) in [5.74, 6) is -0.735. The highest BCUT2D eigenvalue weighted by Gasteiger charge is 2.50. The number of hydrogen-bond acceptors (Lipinski definition) is 3. The first-order valence-electron chi connectivity index (χ1n) is 8.38. The summed E-state index contributed by atoms with van der Waals surface area (Å²) in [5, 5.41) is 11.1. The van der Waals surface area contributed by atoms with Crippen molar-refractivity contribution in [1.29, 1.82) is 0 Å². The Balaban J connectivity index is 1.93. The molecule has 0 saturated heterocycles. The quantitative estimate of drug-likeness (QED) is 0.651. The van der Waals surface area contributed by atoms with Crippen molar-refractivity contribution in [2.45, 2.75) is 25.4 Å². The summed E-state index contributed by atoms with van der Waals surface area (Å²) in [5.41, 5.74) is 0.900. The lowest BCUT2D eigenvalue weighted by Gasteiger charge is -2.22. The molecule has 0 radical (unpaired) electrons. The smallest absolute Gasteiger partial charge is 0.264 e. The molecule has 1 atom stereocenters. The van der Waals surface area contributed by atoms with Crippen molar-refractivity contribution >= 4 is 17.4 Å². The molecule has 1 heterocycles. The zero-order valence-electron chi connectivity index (χ0n) is 14.2. The molecule has 2 aromatic carbocycles. The number of hydrogen-bond donors (Lipinski definition) is 1. The molecule has 1 aliphatic rings. The van der Waals surface area contributed by atoms with Crippen LogP contribution >= 0.6 is 0 Å². The van der Waals surface area contributed by atoms with Crippen molar-refractivity contribution in [1.82, 2.24) is 0 Å². The molecule has 128 valence electrons. The Morgan fingerprint density at radius 1 is 1.20 bits per heavy atom. The number of fused-ring (bicyclic) bond motifs is 1. The summed E-state index contributed by atoms with van der Waals surface area (Å²) >= 11 is 0. The molecule has 0 fully saturated rings. The van der Waals surface area contributed by atoms with E-state index in [0.717, 1.165) is 12.0 Å². The topological polar surface area (TPSA) is 57.6 Å². The highest BCUT2D eigenvalue weighted by atomic mass is 16.3. The van der Waals surface area contributed by atoms with Crippen LogP contribution in [-0.2, 0) is 16.8 Å². The molecule has 0 aliphatic carbocycles. The molecule has 0 aromatic heterocycles. The van der Waals surface area contributed by atoms with E-state index in [0.29, 0.717) is 16.8 Å². The lowest BCUT2D eigenvalue weighted by molar-refractivity contribution is -0.135. The third-order valence-corrected chi connectivity index (χ3v) is 4.65. The summed E-state index contributed by atoms with van der Waals surface area (Å²) in [7, 11) is 0. The van der Waals surface area contributed by atoms with E-state index in [1.54, 1.807) is 42.5 Å². The second kappa shape index (κ2) is 6.65. The number of nitrogens with zero attached hydrogens (tertiary/aromatic N) is 1. The van der Waals surface area contributed by atoms with Crippen LogP contribution in [0.5, 0.6) is 0 Å². The fraction of sp³-hybridized carbons (Fsp3) is 0.238. The van der Waals surface area contributed by atoms with Crippen LogP contribution in [0.25, 0.3) is 0 Å². The zero-order chi connectivity index (χ0) is 18.0. The predicted octanol–water partition coefficient (Wildman–Crippen LogP) is 3.24. The fourth-order valence-corrected chi connectivity index (χ4v) is 3.25. The lowest BCUT2D eigenvalue weighted by Crippen LogP contribution is -2.41. The molecule has 4 nitrogen and oxygen atoms in total. The second-order valence-electron chi connectivity index (χ2n) is 6.23. The largest absolute Gasteiger partial charge is 0.375 e. The van der Waals surface area contributed by atoms with Gasteiger partial charge in [-0.2, -0.15) is 0 Å². The highest BCUT2D eigenvalue weighted by molar-refractivity contribution is 6.10. The van der Waals surface area contributed by atoms with Crippen LogP contribution < -0.4 is 4.90 Å². The summed E-state index contributed by atoms with van der Waals surface area (Å²) in [6.07, 6.45) is 2.22. The normalized spacial score (nSPS) is 19.0. The van der Waals surface area contributed by atoms with Gasteiger partial charge in [-0.3, -0.25) is 9.59 Å². The Bertz CT molecular complexity index is 825.